The van der Waals surface area contributed by atoms with Crippen LogP contribution in [0.15, 0.2) is 47.7 Å². The largest absolute Gasteiger partial charge is 0.477 e. The molecular weight excluding hydrogens is 230 g/mol. The fraction of sp³-hybridized carbons (Fsp3) is 0.143. The van der Waals surface area contributed by atoms with Crippen LogP contribution >= 0.6 is 0 Å². The first-order valence-electron chi connectivity index (χ1n) is 5.45. The van der Waals surface area contributed by atoms with Gasteiger partial charge in [-0.1, -0.05) is 36.4 Å². The van der Waals surface area contributed by atoms with Gasteiger partial charge in [0.2, 0.25) is 5.91 Å². The molecule has 0 unspecified atom stereocenters. The predicted molar refractivity (Wildman–Crippen MR) is 69.6 cm³/mol. The van der Waals surface area contributed by atoms with E-state index in [-0.39, 0.29) is 5.70 Å². The first-order valence-corrected chi connectivity index (χ1v) is 5.45. The van der Waals surface area contributed by atoms with E-state index in [9.17, 15) is 9.59 Å². The van der Waals surface area contributed by atoms with Gasteiger partial charge in [-0.25, -0.2) is 4.79 Å². The van der Waals surface area contributed by atoms with Gasteiger partial charge in [0, 0.05) is 6.92 Å². The third-order valence-electron chi connectivity index (χ3n) is 2.11. The summed E-state index contributed by atoms with van der Waals surface area (Å²) in [6.45, 7) is 3.05. The Labute approximate surface area is 106 Å². The highest BCUT2D eigenvalue weighted by Crippen LogP contribution is 2.08. The van der Waals surface area contributed by atoms with Gasteiger partial charge in [-0.3, -0.25) is 4.79 Å². The molecule has 1 aromatic carbocycles. The third kappa shape index (κ3) is 4.65. The number of aliphatic carboxylic acids is 1. The molecule has 0 aliphatic rings. The van der Waals surface area contributed by atoms with Crippen LogP contribution in [0.3, 0.4) is 0 Å². The molecule has 0 aliphatic heterocycles. The van der Waals surface area contributed by atoms with Gasteiger partial charge in [0.25, 0.3) is 0 Å². The van der Waals surface area contributed by atoms with Crippen LogP contribution < -0.4 is 5.32 Å². The maximum Gasteiger partial charge on any atom is 0.352 e. The first-order chi connectivity index (χ1) is 8.49. The van der Waals surface area contributed by atoms with E-state index in [0.717, 1.165) is 11.1 Å². The molecule has 1 aromatic rings. The van der Waals surface area contributed by atoms with E-state index in [4.69, 9.17) is 5.11 Å². The number of carbonyl (C=O) groups excluding carboxylic acids is 1. The van der Waals surface area contributed by atoms with Crippen LogP contribution in [0, 0.1) is 0 Å². The normalized spacial score (nSPS) is 12.1. The van der Waals surface area contributed by atoms with Crippen LogP contribution in [-0.2, 0) is 9.59 Å². The highest BCUT2D eigenvalue weighted by molar-refractivity contribution is 5.92. The molecule has 2 N–H and O–H groups in total. The Morgan fingerprint density at radius 1 is 1.17 bits per heavy atom. The minimum atomic E-state index is -1.16. The van der Waals surface area contributed by atoms with E-state index in [0.29, 0.717) is 0 Å². The van der Waals surface area contributed by atoms with Crippen molar-refractivity contribution >= 4 is 18.0 Å². The van der Waals surface area contributed by atoms with Crippen LogP contribution in [0.25, 0.3) is 6.08 Å². The molecule has 4 heteroatoms. The van der Waals surface area contributed by atoms with Gasteiger partial charge in [0.05, 0.1) is 0 Å². The number of allylic oxidation sites excluding steroid dienone is 2. The smallest absolute Gasteiger partial charge is 0.352 e. The fourth-order valence-electron chi connectivity index (χ4n) is 1.42. The number of rotatable bonds is 4. The molecule has 0 fully saturated rings. The summed E-state index contributed by atoms with van der Waals surface area (Å²) in [5, 5.41) is 11.2. The number of amides is 1. The van der Waals surface area contributed by atoms with E-state index < -0.39 is 11.9 Å². The second kappa shape index (κ2) is 6.39. The van der Waals surface area contributed by atoms with Gasteiger partial charge >= 0.3 is 5.97 Å². The van der Waals surface area contributed by atoms with Gasteiger partial charge in [-0.05, 0) is 24.1 Å². The summed E-state index contributed by atoms with van der Waals surface area (Å²) in [5.41, 5.74) is 1.58. The van der Waals surface area contributed by atoms with Crippen LogP contribution in [0.2, 0.25) is 0 Å². The minimum absolute atomic E-state index is 0.132. The van der Waals surface area contributed by atoms with Gasteiger partial charge < -0.3 is 10.4 Å². The number of carboxylic acids is 1. The molecule has 0 heterocycles. The predicted octanol–water partition coefficient (Wildman–Crippen LogP) is 2.19. The van der Waals surface area contributed by atoms with Crippen molar-refractivity contribution in [1.29, 1.82) is 0 Å². The molecule has 0 radical (unpaired) electrons. The van der Waals surface area contributed by atoms with Crippen LogP contribution in [0.1, 0.15) is 19.4 Å². The second-order valence-electron chi connectivity index (χ2n) is 3.84. The average Bonchev–Trinajstić information content (AvgIpc) is 2.28. The van der Waals surface area contributed by atoms with Crippen molar-refractivity contribution in [2.24, 2.45) is 0 Å². The summed E-state index contributed by atoms with van der Waals surface area (Å²) in [5.74, 6) is -1.57. The Bertz CT molecular complexity index is 501. The molecule has 0 saturated carbocycles. The lowest BCUT2D eigenvalue weighted by molar-refractivity contribution is -0.134. The van der Waals surface area contributed by atoms with E-state index in [1.165, 1.54) is 13.0 Å². The van der Waals surface area contributed by atoms with Gasteiger partial charge in [-0.2, -0.15) is 0 Å². The van der Waals surface area contributed by atoms with E-state index in [2.05, 4.69) is 5.32 Å². The lowest BCUT2D eigenvalue weighted by Crippen LogP contribution is -2.24. The fourth-order valence-corrected chi connectivity index (χ4v) is 1.42. The molecule has 94 valence electrons. The maximum atomic E-state index is 10.9. The van der Waals surface area contributed by atoms with Crippen LogP contribution in [-0.4, -0.2) is 17.0 Å². The molecule has 1 amide bonds. The topological polar surface area (TPSA) is 66.4 Å². The summed E-state index contributed by atoms with van der Waals surface area (Å²) in [6, 6.07) is 9.53. The van der Waals surface area contributed by atoms with Crippen LogP contribution in [0.5, 0.6) is 0 Å². The third-order valence-corrected chi connectivity index (χ3v) is 2.11. The molecular formula is C14H15NO3. The van der Waals surface area contributed by atoms with Crippen molar-refractivity contribution in [2.75, 3.05) is 0 Å². The summed E-state index contributed by atoms with van der Waals surface area (Å²) in [7, 11) is 0. The van der Waals surface area contributed by atoms with Crippen molar-refractivity contribution in [3.8, 4) is 0 Å². The molecule has 0 saturated heterocycles. The molecule has 4 nitrogen and oxygen atoms in total. The quantitative estimate of drug-likeness (QED) is 0.631. The number of hydrogen-bond donors (Lipinski definition) is 2. The number of nitrogens with one attached hydrogen (secondary N) is 1. The van der Waals surface area contributed by atoms with Crippen molar-refractivity contribution < 1.29 is 14.7 Å². The molecule has 18 heavy (non-hydrogen) atoms. The lowest BCUT2D eigenvalue weighted by atomic mass is 10.1. The number of carboxylic acid groups (broad SMARTS) is 1. The highest BCUT2D eigenvalue weighted by Gasteiger charge is 2.08. The zero-order valence-corrected chi connectivity index (χ0v) is 10.3. The number of benzene rings is 1. The Morgan fingerprint density at radius 2 is 1.78 bits per heavy atom. The maximum absolute atomic E-state index is 10.9. The first kappa shape index (κ1) is 13.7. The SMILES string of the molecule is CC(=O)N/C(=C/C(C)=C/c1ccccc1)C(=O)O. The summed E-state index contributed by atoms with van der Waals surface area (Å²) >= 11 is 0. The Hall–Kier alpha value is -2.36. The van der Waals surface area contributed by atoms with Crippen molar-refractivity contribution in [1.82, 2.24) is 5.32 Å². The van der Waals surface area contributed by atoms with Gasteiger partial charge in [-0.15, -0.1) is 0 Å². The van der Waals surface area contributed by atoms with Crippen molar-refractivity contribution in [2.45, 2.75) is 13.8 Å². The molecule has 0 aromatic heterocycles. The van der Waals surface area contributed by atoms with E-state index in [1.807, 2.05) is 36.4 Å². The lowest BCUT2D eigenvalue weighted by Gasteiger charge is -2.03. The zero-order valence-electron chi connectivity index (χ0n) is 10.3. The Morgan fingerprint density at radius 3 is 2.28 bits per heavy atom. The monoisotopic (exact) mass is 245 g/mol. The standard InChI is InChI=1S/C14H15NO3/c1-10(8-12-6-4-3-5-7-12)9-13(14(17)18)15-11(2)16/h3-9H,1-2H3,(H,15,16)(H,17,18)/b10-8+,13-9+. The summed E-state index contributed by atoms with van der Waals surface area (Å²) in [4.78, 5) is 21.8. The minimum Gasteiger partial charge on any atom is -0.477 e. The molecule has 0 spiro atoms. The van der Waals surface area contributed by atoms with Crippen molar-refractivity contribution in [3.05, 3.63) is 53.2 Å². The number of carbonyl (C=O) groups is 2. The molecule has 1 rings (SSSR count). The molecule has 0 atom stereocenters. The Balaban J connectivity index is 2.94. The second-order valence-corrected chi connectivity index (χ2v) is 3.84. The summed E-state index contributed by atoms with van der Waals surface area (Å²) < 4.78 is 0. The van der Waals surface area contributed by atoms with Crippen molar-refractivity contribution in [3.63, 3.8) is 0 Å². The zero-order chi connectivity index (χ0) is 13.5. The molecule has 0 aliphatic carbocycles. The van der Waals surface area contributed by atoms with Crippen LogP contribution in [0.4, 0.5) is 0 Å². The van der Waals surface area contributed by atoms with Gasteiger partial charge in [0.15, 0.2) is 0 Å². The number of hydrogen-bond acceptors (Lipinski definition) is 2. The van der Waals surface area contributed by atoms with E-state index >= 15 is 0 Å². The summed E-state index contributed by atoms with van der Waals surface area (Å²) in [6.07, 6.45) is 3.27. The average molecular weight is 245 g/mol. The highest BCUT2D eigenvalue weighted by atomic mass is 16.4. The Kier molecular flexibility index (Phi) is 4.87. The van der Waals surface area contributed by atoms with Gasteiger partial charge in [0.1, 0.15) is 5.70 Å². The molecule has 0 bridgehead atoms. The van der Waals surface area contributed by atoms with E-state index in [1.54, 1.807) is 6.92 Å².